The van der Waals surface area contributed by atoms with E-state index in [0.29, 0.717) is 5.25 Å². The van der Waals surface area contributed by atoms with Crippen LogP contribution in [0.3, 0.4) is 0 Å². The molecule has 0 amide bonds. The minimum atomic E-state index is -0.232. The van der Waals surface area contributed by atoms with Crippen molar-refractivity contribution in [2.45, 2.75) is 70.1 Å². The van der Waals surface area contributed by atoms with Crippen LogP contribution < -0.4 is 5.32 Å². The van der Waals surface area contributed by atoms with Gasteiger partial charge in [-0.15, -0.1) is 0 Å². The first-order valence-corrected chi connectivity index (χ1v) is 8.44. The number of nitrogens with one attached hydrogen (secondary N) is 1. The Labute approximate surface area is 117 Å². The van der Waals surface area contributed by atoms with E-state index < -0.39 is 0 Å². The second-order valence-corrected chi connectivity index (χ2v) is 7.30. The first-order chi connectivity index (χ1) is 8.62. The Balaban J connectivity index is 2.41. The molecule has 1 aliphatic carbocycles. The quantitative estimate of drug-likeness (QED) is 0.759. The van der Waals surface area contributed by atoms with Crippen LogP contribution in [0, 0.1) is 17.2 Å². The van der Waals surface area contributed by atoms with Crippen LogP contribution in [-0.2, 0) is 0 Å². The highest BCUT2D eigenvalue weighted by molar-refractivity contribution is 7.99. The summed E-state index contributed by atoms with van der Waals surface area (Å²) in [5.41, 5.74) is -0.232. The fraction of sp³-hybridized carbons (Fsp3) is 0.933. The molecule has 18 heavy (non-hydrogen) atoms. The lowest BCUT2D eigenvalue weighted by Gasteiger charge is -2.36. The van der Waals surface area contributed by atoms with Gasteiger partial charge >= 0.3 is 0 Å². The molecule has 0 aromatic rings. The van der Waals surface area contributed by atoms with Gasteiger partial charge in [-0.3, -0.25) is 5.32 Å². The van der Waals surface area contributed by atoms with Gasteiger partial charge < -0.3 is 0 Å². The van der Waals surface area contributed by atoms with Crippen molar-refractivity contribution < 1.29 is 0 Å². The number of thioether (sulfide) groups is 1. The maximum atomic E-state index is 9.48. The molecule has 0 radical (unpaired) electrons. The molecule has 2 atom stereocenters. The molecule has 1 aliphatic rings. The fourth-order valence-corrected chi connectivity index (χ4v) is 4.18. The molecule has 3 heteroatoms. The highest BCUT2D eigenvalue weighted by Gasteiger charge is 2.35. The van der Waals surface area contributed by atoms with Crippen molar-refractivity contribution in [1.82, 2.24) is 5.32 Å². The zero-order valence-corrected chi connectivity index (χ0v) is 13.0. The zero-order valence-electron chi connectivity index (χ0n) is 12.2. The van der Waals surface area contributed by atoms with E-state index in [1.54, 1.807) is 0 Å². The van der Waals surface area contributed by atoms with E-state index in [1.807, 2.05) is 0 Å². The molecule has 0 saturated heterocycles. The first kappa shape index (κ1) is 15.9. The van der Waals surface area contributed by atoms with Gasteiger partial charge in [0.15, 0.2) is 0 Å². The number of hydrogen-bond acceptors (Lipinski definition) is 3. The van der Waals surface area contributed by atoms with E-state index in [4.69, 9.17) is 0 Å². The van der Waals surface area contributed by atoms with Crippen LogP contribution in [0.25, 0.3) is 0 Å². The van der Waals surface area contributed by atoms with Gasteiger partial charge in [-0.25, -0.2) is 0 Å². The van der Waals surface area contributed by atoms with Crippen LogP contribution in [0.4, 0.5) is 0 Å². The van der Waals surface area contributed by atoms with Gasteiger partial charge in [0.05, 0.1) is 6.07 Å². The van der Waals surface area contributed by atoms with Gasteiger partial charge in [0, 0.05) is 5.25 Å². The van der Waals surface area contributed by atoms with Gasteiger partial charge in [0.1, 0.15) is 5.54 Å². The Morgan fingerprint density at radius 1 is 1.50 bits per heavy atom. The largest absolute Gasteiger partial charge is 0.299 e. The van der Waals surface area contributed by atoms with Crippen LogP contribution in [-0.4, -0.2) is 23.1 Å². The highest BCUT2D eigenvalue weighted by atomic mass is 32.2. The van der Waals surface area contributed by atoms with Gasteiger partial charge in [-0.2, -0.15) is 17.0 Å². The van der Waals surface area contributed by atoms with Crippen molar-refractivity contribution in [2.75, 3.05) is 12.3 Å². The summed E-state index contributed by atoms with van der Waals surface area (Å²) in [6.07, 6.45) is 6.96. The molecule has 0 spiro atoms. The zero-order chi connectivity index (χ0) is 13.4. The molecule has 0 bridgehead atoms. The first-order valence-electron chi connectivity index (χ1n) is 7.40. The monoisotopic (exact) mass is 268 g/mol. The molecular weight excluding hydrogens is 240 g/mol. The Kier molecular flexibility index (Phi) is 7.11. The molecular formula is C15H28N2S. The predicted molar refractivity (Wildman–Crippen MR) is 80.8 cm³/mol. The molecule has 0 aliphatic heterocycles. The molecule has 0 aromatic carbocycles. The lowest BCUT2D eigenvalue weighted by molar-refractivity contribution is 0.304. The second-order valence-electron chi connectivity index (χ2n) is 5.89. The topological polar surface area (TPSA) is 35.8 Å². The van der Waals surface area contributed by atoms with E-state index in [-0.39, 0.29) is 5.54 Å². The van der Waals surface area contributed by atoms with Crippen molar-refractivity contribution in [3.8, 4) is 6.07 Å². The van der Waals surface area contributed by atoms with Gasteiger partial charge in [-0.1, -0.05) is 20.8 Å². The Morgan fingerprint density at radius 3 is 2.89 bits per heavy atom. The molecule has 2 unspecified atom stereocenters. The third-order valence-electron chi connectivity index (χ3n) is 3.68. The number of nitrogens with zero attached hydrogens (tertiary/aromatic N) is 1. The van der Waals surface area contributed by atoms with Crippen molar-refractivity contribution >= 4 is 11.8 Å². The molecule has 104 valence electrons. The van der Waals surface area contributed by atoms with E-state index in [9.17, 15) is 5.26 Å². The number of nitriles is 1. The maximum absolute atomic E-state index is 9.48. The maximum Gasteiger partial charge on any atom is 0.107 e. The summed E-state index contributed by atoms with van der Waals surface area (Å²) in [5.74, 6) is 2.04. The summed E-state index contributed by atoms with van der Waals surface area (Å²) in [6.45, 7) is 7.69. The SMILES string of the molecule is CCCNC1(C#N)CCCC(SCCC(C)C)C1. The van der Waals surface area contributed by atoms with Crippen LogP contribution in [0.15, 0.2) is 0 Å². The van der Waals surface area contributed by atoms with E-state index >= 15 is 0 Å². The summed E-state index contributed by atoms with van der Waals surface area (Å²) >= 11 is 2.09. The summed E-state index contributed by atoms with van der Waals surface area (Å²) in [6, 6.07) is 2.56. The second kappa shape index (κ2) is 8.07. The fourth-order valence-electron chi connectivity index (χ4n) is 2.50. The number of rotatable bonds is 7. The molecule has 2 nitrogen and oxygen atoms in total. The molecule has 0 heterocycles. The number of hydrogen-bond donors (Lipinski definition) is 1. The summed E-state index contributed by atoms with van der Waals surface area (Å²) < 4.78 is 0. The summed E-state index contributed by atoms with van der Waals surface area (Å²) in [4.78, 5) is 0. The third kappa shape index (κ3) is 5.20. The van der Waals surface area contributed by atoms with Crippen molar-refractivity contribution in [2.24, 2.45) is 5.92 Å². The normalized spacial score (nSPS) is 28.3. The molecule has 1 saturated carbocycles. The average molecular weight is 268 g/mol. The molecule has 0 aromatic heterocycles. The minimum absolute atomic E-state index is 0.232. The predicted octanol–water partition coefficient (Wildman–Crippen LogP) is 3.97. The van der Waals surface area contributed by atoms with Gasteiger partial charge in [0.2, 0.25) is 0 Å². The summed E-state index contributed by atoms with van der Waals surface area (Å²) in [5, 5.41) is 13.6. The van der Waals surface area contributed by atoms with E-state index in [0.717, 1.165) is 31.7 Å². The standard InChI is InChI=1S/C15H28N2S/c1-4-9-17-15(12-16)8-5-6-14(11-15)18-10-7-13(2)3/h13-14,17H,4-11H2,1-3H3. The van der Waals surface area contributed by atoms with Crippen molar-refractivity contribution in [3.05, 3.63) is 0 Å². The van der Waals surface area contributed by atoms with Crippen LogP contribution in [0.1, 0.15) is 59.3 Å². The Hall–Kier alpha value is -0.200. The van der Waals surface area contributed by atoms with Crippen molar-refractivity contribution in [3.63, 3.8) is 0 Å². The minimum Gasteiger partial charge on any atom is -0.299 e. The van der Waals surface area contributed by atoms with Gasteiger partial charge in [0.25, 0.3) is 0 Å². The van der Waals surface area contributed by atoms with Crippen LogP contribution in [0.5, 0.6) is 0 Å². The van der Waals surface area contributed by atoms with Crippen LogP contribution in [0.2, 0.25) is 0 Å². The van der Waals surface area contributed by atoms with Crippen molar-refractivity contribution in [1.29, 1.82) is 5.26 Å². The smallest absolute Gasteiger partial charge is 0.107 e. The van der Waals surface area contributed by atoms with Crippen LogP contribution >= 0.6 is 11.8 Å². The Bertz CT molecular complexity index is 272. The molecule has 1 N–H and O–H groups in total. The Morgan fingerprint density at radius 2 is 2.28 bits per heavy atom. The van der Waals surface area contributed by atoms with Gasteiger partial charge in [-0.05, 0) is 56.7 Å². The highest BCUT2D eigenvalue weighted by Crippen LogP contribution is 2.35. The average Bonchev–Trinajstić information content (AvgIpc) is 2.36. The lowest BCUT2D eigenvalue weighted by Crippen LogP contribution is -2.48. The molecule has 1 rings (SSSR count). The van der Waals surface area contributed by atoms with E-state index in [2.05, 4.69) is 43.9 Å². The third-order valence-corrected chi connectivity index (χ3v) is 5.03. The lowest BCUT2D eigenvalue weighted by atomic mass is 9.82. The summed E-state index contributed by atoms with van der Waals surface area (Å²) in [7, 11) is 0. The molecule has 1 fully saturated rings. The van der Waals surface area contributed by atoms with E-state index in [1.165, 1.54) is 25.0 Å².